The molecule has 0 heterocycles. The summed E-state index contributed by atoms with van der Waals surface area (Å²) in [5.74, 6) is 0.0627. The Morgan fingerprint density at radius 1 is 1.04 bits per heavy atom. The molecule has 0 fully saturated rings. The van der Waals surface area contributed by atoms with Crippen molar-refractivity contribution in [2.45, 2.75) is 19.9 Å². The highest BCUT2D eigenvalue weighted by molar-refractivity contribution is 9.10. The minimum absolute atomic E-state index is 0.0703. The summed E-state index contributed by atoms with van der Waals surface area (Å²) in [5.41, 5.74) is 1.57. The quantitative estimate of drug-likeness (QED) is 0.814. The molecule has 0 bridgehead atoms. The van der Waals surface area contributed by atoms with Gasteiger partial charge in [0.1, 0.15) is 5.75 Å². The highest BCUT2D eigenvalue weighted by atomic mass is 79.9. The summed E-state index contributed by atoms with van der Waals surface area (Å²) >= 11 is 3.34. The van der Waals surface area contributed by atoms with Gasteiger partial charge in [0.2, 0.25) is 0 Å². The van der Waals surface area contributed by atoms with Crippen molar-refractivity contribution in [2.75, 3.05) is 12.4 Å². The van der Waals surface area contributed by atoms with Crippen molar-refractivity contribution >= 4 is 33.4 Å². The molecule has 6 heteroatoms. The van der Waals surface area contributed by atoms with Crippen LogP contribution in [0.25, 0.3) is 0 Å². The Bertz CT molecular complexity index is 742. The Kier molecular flexibility index (Phi) is 5.98. The van der Waals surface area contributed by atoms with Crippen molar-refractivity contribution < 1.29 is 14.3 Å². The number of benzene rings is 2. The number of halogens is 1. The Labute approximate surface area is 149 Å². The number of ether oxygens (including phenoxy) is 1. The molecule has 2 aromatic rings. The number of methoxy groups -OCH3 is 1. The van der Waals surface area contributed by atoms with Gasteiger partial charge in [-0.25, -0.2) is 0 Å². The lowest BCUT2D eigenvalue weighted by molar-refractivity contribution is 0.0942. The summed E-state index contributed by atoms with van der Waals surface area (Å²) in [5, 5.41) is 5.61. The first-order valence-electron chi connectivity index (χ1n) is 7.46. The highest BCUT2D eigenvalue weighted by Crippen LogP contribution is 2.24. The number of carbonyl (C=O) groups excluding carboxylic acids is 2. The summed E-state index contributed by atoms with van der Waals surface area (Å²) in [6.07, 6.45) is 0. The maximum absolute atomic E-state index is 12.4. The van der Waals surface area contributed by atoms with E-state index in [0.717, 1.165) is 4.47 Å². The molecule has 0 spiro atoms. The van der Waals surface area contributed by atoms with Crippen LogP contribution in [0.4, 0.5) is 5.69 Å². The van der Waals surface area contributed by atoms with Crippen molar-refractivity contribution in [3.8, 4) is 5.75 Å². The molecule has 24 heavy (non-hydrogen) atoms. The maximum Gasteiger partial charge on any atom is 0.259 e. The largest absolute Gasteiger partial charge is 0.496 e. The Hall–Kier alpha value is -2.34. The van der Waals surface area contributed by atoms with E-state index in [0.29, 0.717) is 22.6 Å². The molecule has 0 unspecified atom stereocenters. The van der Waals surface area contributed by atoms with Crippen LogP contribution in [0.15, 0.2) is 46.9 Å². The van der Waals surface area contributed by atoms with E-state index in [1.165, 1.54) is 7.11 Å². The Morgan fingerprint density at radius 3 is 2.29 bits per heavy atom. The summed E-state index contributed by atoms with van der Waals surface area (Å²) in [6.45, 7) is 3.80. The zero-order valence-corrected chi connectivity index (χ0v) is 15.3. The molecule has 2 amide bonds. The van der Waals surface area contributed by atoms with Crippen LogP contribution in [0.2, 0.25) is 0 Å². The van der Waals surface area contributed by atoms with Crippen molar-refractivity contribution in [2.24, 2.45) is 0 Å². The zero-order chi connectivity index (χ0) is 17.7. The summed E-state index contributed by atoms with van der Waals surface area (Å²) < 4.78 is 6.00. The van der Waals surface area contributed by atoms with Gasteiger partial charge >= 0.3 is 0 Å². The van der Waals surface area contributed by atoms with Gasteiger partial charge in [0.15, 0.2) is 0 Å². The normalized spacial score (nSPS) is 10.4. The van der Waals surface area contributed by atoms with E-state index in [4.69, 9.17) is 4.74 Å². The van der Waals surface area contributed by atoms with E-state index in [1.54, 1.807) is 42.5 Å². The van der Waals surface area contributed by atoms with Crippen LogP contribution in [0.1, 0.15) is 34.6 Å². The first-order valence-corrected chi connectivity index (χ1v) is 8.26. The molecule has 0 aliphatic carbocycles. The number of anilines is 1. The smallest absolute Gasteiger partial charge is 0.259 e. The molecule has 0 radical (unpaired) electrons. The van der Waals surface area contributed by atoms with Gasteiger partial charge in [-0.2, -0.15) is 0 Å². The van der Waals surface area contributed by atoms with E-state index in [9.17, 15) is 9.59 Å². The number of carbonyl (C=O) groups is 2. The van der Waals surface area contributed by atoms with Crippen LogP contribution in [0.5, 0.6) is 5.75 Å². The molecule has 2 aromatic carbocycles. The molecule has 126 valence electrons. The second-order valence-corrected chi connectivity index (χ2v) is 6.42. The van der Waals surface area contributed by atoms with Crippen LogP contribution in [-0.4, -0.2) is 25.0 Å². The Balaban J connectivity index is 2.13. The first kappa shape index (κ1) is 18.0. The third kappa shape index (κ3) is 4.58. The van der Waals surface area contributed by atoms with Gasteiger partial charge in [-0.05, 0) is 56.3 Å². The van der Waals surface area contributed by atoms with Crippen LogP contribution in [-0.2, 0) is 0 Å². The van der Waals surface area contributed by atoms with E-state index < -0.39 is 0 Å². The van der Waals surface area contributed by atoms with Crippen molar-refractivity contribution in [1.29, 1.82) is 0 Å². The Morgan fingerprint density at radius 2 is 1.71 bits per heavy atom. The van der Waals surface area contributed by atoms with E-state index >= 15 is 0 Å². The average molecular weight is 391 g/mol. The maximum atomic E-state index is 12.4. The van der Waals surface area contributed by atoms with Crippen LogP contribution >= 0.6 is 15.9 Å². The molecule has 0 aliphatic heterocycles. The second kappa shape index (κ2) is 7.97. The lowest BCUT2D eigenvalue weighted by Crippen LogP contribution is -2.30. The summed E-state index contributed by atoms with van der Waals surface area (Å²) in [6, 6.07) is 12.0. The van der Waals surface area contributed by atoms with E-state index in [1.807, 2.05) is 13.8 Å². The van der Waals surface area contributed by atoms with Crippen molar-refractivity contribution in [3.05, 3.63) is 58.1 Å². The van der Waals surface area contributed by atoms with Crippen LogP contribution < -0.4 is 15.4 Å². The third-order valence-electron chi connectivity index (χ3n) is 3.23. The molecule has 5 nitrogen and oxygen atoms in total. The van der Waals surface area contributed by atoms with Crippen LogP contribution in [0, 0.1) is 0 Å². The van der Waals surface area contributed by atoms with Crippen molar-refractivity contribution in [1.82, 2.24) is 5.32 Å². The lowest BCUT2D eigenvalue weighted by atomic mass is 10.1. The molecule has 0 atom stereocenters. The van der Waals surface area contributed by atoms with Gasteiger partial charge in [0.05, 0.1) is 12.7 Å². The van der Waals surface area contributed by atoms with Gasteiger partial charge < -0.3 is 15.4 Å². The molecule has 0 saturated carbocycles. The third-order valence-corrected chi connectivity index (χ3v) is 3.72. The fourth-order valence-electron chi connectivity index (χ4n) is 2.11. The average Bonchev–Trinajstić information content (AvgIpc) is 2.54. The number of rotatable bonds is 5. The van der Waals surface area contributed by atoms with Crippen molar-refractivity contribution in [3.63, 3.8) is 0 Å². The monoisotopic (exact) mass is 390 g/mol. The van der Waals surface area contributed by atoms with Gasteiger partial charge in [0, 0.05) is 21.8 Å². The molecule has 0 saturated heterocycles. The summed E-state index contributed by atoms with van der Waals surface area (Å²) in [7, 11) is 1.52. The first-order chi connectivity index (χ1) is 11.4. The number of hydrogen-bond donors (Lipinski definition) is 2. The van der Waals surface area contributed by atoms with Gasteiger partial charge in [-0.1, -0.05) is 15.9 Å². The number of hydrogen-bond acceptors (Lipinski definition) is 3. The van der Waals surface area contributed by atoms with Gasteiger partial charge in [0.25, 0.3) is 11.8 Å². The fraction of sp³-hybridized carbons (Fsp3) is 0.222. The van der Waals surface area contributed by atoms with Gasteiger partial charge in [-0.3, -0.25) is 9.59 Å². The van der Waals surface area contributed by atoms with E-state index in [2.05, 4.69) is 26.6 Å². The van der Waals surface area contributed by atoms with Gasteiger partial charge in [-0.15, -0.1) is 0 Å². The highest BCUT2D eigenvalue weighted by Gasteiger charge is 2.13. The minimum Gasteiger partial charge on any atom is -0.496 e. The molecular formula is C18H19BrN2O3. The van der Waals surface area contributed by atoms with Crippen LogP contribution in [0.3, 0.4) is 0 Å². The SMILES string of the molecule is COc1ccc(Br)cc1C(=O)Nc1ccc(C(=O)NC(C)C)cc1. The predicted molar refractivity (Wildman–Crippen MR) is 97.7 cm³/mol. The lowest BCUT2D eigenvalue weighted by Gasteiger charge is -2.11. The summed E-state index contributed by atoms with van der Waals surface area (Å²) in [4.78, 5) is 24.3. The topological polar surface area (TPSA) is 67.4 Å². The molecule has 0 aliphatic rings. The molecular weight excluding hydrogens is 372 g/mol. The molecule has 0 aromatic heterocycles. The number of amides is 2. The fourth-order valence-corrected chi connectivity index (χ4v) is 2.47. The zero-order valence-electron chi connectivity index (χ0n) is 13.7. The van der Waals surface area contributed by atoms with E-state index in [-0.39, 0.29) is 17.9 Å². The standard InChI is InChI=1S/C18H19BrN2O3/c1-11(2)20-17(22)12-4-7-14(8-5-12)21-18(23)15-10-13(19)6-9-16(15)24-3/h4-11H,1-3H3,(H,20,22)(H,21,23). The molecule has 2 rings (SSSR count). The predicted octanol–water partition coefficient (Wildman–Crippen LogP) is 3.85. The molecule has 2 N–H and O–H groups in total. The number of nitrogens with one attached hydrogen (secondary N) is 2. The second-order valence-electron chi connectivity index (χ2n) is 5.50. The minimum atomic E-state index is -0.285.